The van der Waals surface area contributed by atoms with E-state index in [2.05, 4.69) is 10.3 Å². The Kier molecular flexibility index (Phi) is 4.87. The van der Waals surface area contributed by atoms with Crippen molar-refractivity contribution in [3.63, 3.8) is 0 Å². The van der Waals surface area contributed by atoms with E-state index < -0.39 is 17.6 Å². The number of hydrogen-bond acceptors (Lipinski definition) is 3. The summed E-state index contributed by atoms with van der Waals surface area (Å²) in [6.45, 7) is 1.79. The molecule has 0 saturated heterocycles. The molecular formula is C14H10ClF3N2OS. The van der Waals surface area contributed by atoms with Crippen molar-refractivity contribution < 1.29 is 18.0 Å². The van der Waals surface area contributed by atoms with E-state index in [9.17, 15) is 18.0 Å². The Morgan fingerprint density at radius 2 is 2.14 bits per heavy atom. The molecule has 0 saturated carbocycles. The number of nitrogens with one attached hydrogen (secondary N) is 1. The summed E-state index contributed by atoms with van der Waals surface area (Å²) in [5.41, 5.74) is 0.0614. The summed E-state index contributed by atoms with van der Waals surface area (Å²) in [6.07, 6.45) is -2.12. The standard InChI is InChI=1S/C14H10ClF3N2OS/c1-8-7-22-13(19-8)20-12(21)5-3-9-2-4-11(15)10(6-9)14(16,17)18/h2-7H,1H3,(H,19,20,21)/b5-3+. The molecule has 1 N–H and O–H groups in total. The number of rotatable bonds is 3. The van der Waals surface area contributed by atoms with Crippen LogP contribution in [0.5, 0.6) is 0 Å². The van der Waals surface area contributed by atoms with E-state index in [1.807, 2.05) is 0 Å². The van der Waals surface area contributed by atoms with Crippen LogP contribution in [0.15, 0.2) is 29.7 Å². The minimum Gasteiger partial charge on any atom is -0.298 e. The van der Waals surface area contributed by atoms with Gasteiger partial charge < -0.3 is 0 Å². The van der Waals surface area contributed by atoms with Crippen LogP contribution in [0.4, 0.5) is 18.3 Å². The normalized spacial score (nSPS) is 11.9. The lowest BCUT2D eigenvalue weighted by molar-refractivity contribution is -0.137. The number of aryl methyl sites for hydroxylation is 1. The van der Waals surface area contributed by atoms with E-state index in [-0.39, 0.29) is 10.6 Å². The van der Waals surface area contributed by atoms with Crippen molar-refractivity contribution in [1.82, 2.24) is 4.98 Å². The first-order valence-electron chi connectivity index (χ1n) is 6.03. The third-order valence-electron chi connectivity index (χ3n) is 2.57. The monoisotopic (exact) mass is 346 g/mol. The number of halogens is 4. The summed E-state index contributed by atoms with van der Waals surface area (Å²) < 4.78 is 38.2. The van der Waals surface area contributed by atoms with Gasteiger partial charge >= 0.3 is 6.18 Å². The zero-order chi connectivity index (χ0) is 16.3. The fourth-order valence-corrected chi connectivity index (χ4v) is 2.51. The number of anilines is 1. The Bertz CT molecular complexity index is 725. The molecule has 2 aromatic rings. The maximum atomic E-state index is 12.7. The van der Waals surface area contributed by atoms with Crippen molar-refractivity contribution in [2.24, 2.45) is 0 Å². The molecule has 8 heteroatoms. The minimum absolute atomic E-state index is 0.224. The fourth-order valence-electron chi connectivity index (χ4n) is 1.59. The van der Waals surface area contributed by atoms with Crippen molar-refractivity contribution in [3.8, 4) is 0 Å². The molecule has 3 nitrogen and oxygen atoms in total. The van der Waals surface area contributed by atoms with Crippen molar-refractivity contribution >= 4 is 40.1 Å². The Morgan fingerprint density at radius 3 is 2.73 bits per heavy atom. The first-order valence-corrected chi connectivity index (χ1v) is 7.29. The molecule has 1 amide bonds. The van der Waals surface area contributed by atoms with Gasteiger partial charge in [0.25, 0.3) is 0 Å². The fraction of sp³-hybridized carbons (Fsp3) is 0.143. The number of benzene rings is 1. The molecule has 0 radical (unpaired) electrons. The lowest BCUT2D eigenvalue weighted by Crippen LogP contribution is -2.08. The molecule has 0 aliphatic rings. The Labute approximate surface area is 133 Å². The Hall–Kier alpha value is -1.86. The molecule has 0 aliphatic heterocycles. The van der Waals surface area contributed by atoms with E-state index in [1.54, 1.807) is 12.3 Å². The summed E-state index contributed by atoms with van der Waals surface area (Å²) in [6, 6.07) is 3.43. The Morgan fingerprint density at radius 1 is 1.41 bits per heavy atom. The predicted molar refractivity (Wildman–Crippen MR) is 81.0 cm³/mol. The first kappa shape index (κ1) is 16.5. The molecule has 0 spiro atoms. The SMILES string of the molecule is Cc1csc(NC(=O)/C=C/c2ccc(Cl)c(C(F)(F)F)c2)n1. The number of thiazole rings is 1. The lowest BCUT2D eigenvalue weighted by atomic mass is 10.1. The lowest BCUT2D eigenvalue weighted by Gasteiger charge is -2.09. The van der Waals surface area contributed by atoms with Crippen LogP contribution in [0.1, 0.15) is 16.8 Å². The maximum Gasteiger partial charge on any atom is 0.417 e. The second kappa shape index (κ2) is 6.50. The summed E-state index contributed by atoms with van der Waals surface area (Å²) in [4.78, 5) is 15.7. The van der Waals surface area contributed by atoms with E-state index in [4.69, 9.17) is 11.6 Å². The molecule has 1 aromatic carbocycles. The van der Waals surface area contributed by atoms with Crippen LogP contribution in [-0.2, 0) is 11.0 Å². The van der Waals surface area contributed by atoms with Crippen LogP contribution < -0.4 is 5.32 Å². The van der Waals surface area contributed by atoms with Crippen LogP contribution in [0.3, 0.4) is 0 Å². The highest BCUT2D eigenvalue weighted by Crippen LogP contribution is 2.35. The number of nitrogens with zero attached hydrogens (tertiary/aromatic N) is 1. The summed E-state index contributed by atoms with van der Waals surface area (Å²) in [5, 5.41) is 4.34. The van der Waals surface area contributed by atoms with Gasteiger partial charge in [0, 0.05) is 11.5 Å². The number of carbonyl (C=O) groups excluding carboxylic acids is 1. The summed E-state index contributed by atoms with van der Waals surface area (Å²) in [7, 11) is 0. The van der Waals surface area contributed by atoms with Gasteiger partial charge in [-0.1, -0.05) is 17.7 Å². The number of carbonyl (C=O) groups is 1. The highest BCUT2D eigenvalue weighted by atomic mass is 35.5. The molecule has 0 fully saturated rings. The van der Waals surface area contributed by atoms with Crippen LogP contribution >= 0.6 is 22.9 Å². The van der Waals surface area contributed by atoms with Crippen LogP contribution in [-0.4, -0.2) is 10.9 Å². The van der Waals surface area contributed by atoms with Gasteiger partial charge in [0.2, 0.25) is 5.91 Å². The van der Waals surface area contributed by atoms with Gasteiger partial charge in [-0.15, -0.1) is 11.3 Å². The van der Waals surface area contributed by atoms with Crippen molar-refractivity contribution in [2.75, 3.05) is 5.32 Å². The molecule has 116 valence electrons. The maximum absolute atomic E-state index is 12.7. The molecule has 0 aliphatic carbocycles. The Balaban J connectivity index is 2.11. The smallest absolute Gasteiger partial charge is 0.298 e. The molecule has 0 bridgehead atoms. The molecule has 0 unspecified atom stereocenters. The third-order valence-corrected chi connectivity index (χ3v) is 3.78. The van der Waals surface area contributed by atoms with E-state index in [0.29, 0.717) is 5.13 Å². The van der Waals surface area contributed by atoms with Crippen molar-refractivity contribution in [1.29, 1.82) is 0 Å². The summed E-state index contributed by atoms with van der Waals surface area (Å²) in [5.74, 6) is -0.474. The molecule has 1 heterocycles. The van der Waals surface area contributed by atoms with E-state index in [1.165, 1.54) is 23.5 Å². The molecular weight excluding hydrogens is 337 g/mol. The van der Waals surface area contributed by atoms with Gasteiger partial charge in [-0.3, -0.25) is 10.1 Å². The van der Waals surface area contributed by atoms with Crippen LogP contribution in [0.2, 0.25) is 5.02 Å². The minimum atomic E-state index is -4.54. The van der Waals surface area contributed by atoms with E-state index in [0.717, 1.165) is 23.9 Å². The van der Waals surface area contributed by atoms with E-state index >= 15 is 0 Å². The number of amides is 1. The van der Waals surface area contributed by atoms with Gasteiger partial charge in [-0.25, -0.2) is 4.98 Å². The van der Waals surface area contributed by atoms with Crippen molar-refractivity contribution in [2.45, 2.75) is 13.1 Å². The summed E-state index contributed by atoms with van der Waals surface area (Å²) >= 11 is 6.79. The zero-order valence-corrected chi connectivity index (χ0v) is 12.8. The molecule has 2 rings (SSSR count). The number of hydrogen-bond donors (Lipinski definition) is 1. The van der Waals surface area contributed by atoms with Gasteiger partial charge in [-0.2, -0.15) is 13.2 Å². The largest absolute Gasteiger partial charge is 0.417 e. The second-order valence-electron chi connectivity index (χ2n) is 4.35. The van der Waals surface area contributed by atoms with Crippen molar-refractivity contribution in [3.05, 3.63) is 51.5 Å². The third kappa shape index (κ3) is 4.32. The average Bonchev–Trinajstić information content (AvgIpc) is 2.82. The molecule has 0 atom stereocenters. The molecule has 1 aromatic heterocycles. The molecule has 22 heavy (non-hydrogen) atoms. The van der Waals surface area contributed by atoms with Gasteiger partial charge in [0.05, 0.1) is 16.3 Å². The van der Waals surface area contributed by atoms with Gasteiger partial charge in [0.1, 0.15) is 0 Å². The topological polar surface area (TPSA) is 42.0 Å². The highest BCUT2D eigenvalue weighted by Gasteiger charge is 2.33. The number of aromatic nitrogens is 1. The van der Waals surface area contributed by atoms with Gasteiger partial charge in [-0.05, 0) is 30.7 Å². The highest BCUT2D eigenvalue weighted by molar-refractivity contribution is 7.13. The number of alkyl halides is 3. The van der Waals surface area contributed by atoms with Crippen LogP contribution in [0, 0.1) is 6.92 Å². The zero-order valence-electron chi connectivity index (χ0n) is 11.2. The van der Waals surface area contributed by atoms with Gasteiger partial charge in [0.15, 0.2) is 5.13 Å². The predicted octanol–water partition coefficient (Wildman–Crippen LogP) is 4.78. The second-order valence-corrected chi connectivity index (χ2v) is 5.62. The quantitative estimate of drug-likeness (QED) is 0.813. The average molecular weight is 347 g/mol. The first-order chi connectivity index (χ1) is 10.3. The van der Waals surface area contributed by atoms with Crippen LogP contribution in [0.25, 0.3) is 6.08 Å².